The standard InChI is InChI=1S/C31H32FN7O3S/c1-20-7-8-23-24(9-10-27(32)26(23)19-43(40,41)18-22-12-16-39(2)38-22)29(20)42-30-25(6-4-14-34-30)28-11-15-35-31(37-28)36-21-5-3-13-33-17-21/h4,6-12,14-16,21,33H,3,5,13,17-19H2,1-2H3,(H,35,36,37)/t21-/m0/s1. The molecule has 12 heteroatoms. The largest absolute Gasteiger partial charge is 0.437 e. The summed E-state index contributed by atoms with van der Waals surface area (Å²) in [6.45, 7) is 3.74. The van der Waals surface area contributed by atoms with Crippen LogP contribution in [0.1, 0.15) is 29.7 Å². The van der Waals surface area contributed by atoms with E-state index >= 15 is 4.39 Å². The first-order valence-electron chi connectivity index (χ1n) is 14.1. The molecule has 1 atom stereocenters. The van der Waals surface area contributed by atoms with Crippen LogP contribution in [0.3, 0.4) is 0 Å². The highest BCUT2D eigenvalue weighted by Crippen LogP contribution is 2.38. The van der Waals surface area contributed by atoms with Gasteiger partial charge in [-0.1, -0.05) is 12.1 Å². The molecule has 2 aromatic carbocycles. The minimum atomic E-state index is -3.72. The molecule has 0 amide bonds. The Morgan fingerprint density at radius 1 is 1.07 bits per heavy atom. The van der Waals surface area contributed by atoms with E-state index in [1.165, 1.54) is 10.7 Å². The average Bonchev–Trinajstić information content (AvgIpc) is 3.40. The summed E-state index contributed by atoms with van der Waals surface area (Å²) in [6, 6.07) is 13.8. The van der Waals surface area contributed by atoms with Crippen molar-refractivity contribution in [2.75, 3.05) is 18.4 Å². The molecule has 0 unspecified atom stereocenters. The van der Waals surface area contributed by atoms with Crippen LogP contribution in [0, 0.1) is 12.7 Å². The van der Waals surface area contributed by atoms with E-state index in [-0.39, 0.29) is 17.4 Å². The summed E-state index contributed by atoms with van der Waals surface area (Å²) >= 11 is 0. The Bertz CT molecular complexity index is 1890. The Morgan fingerprint density at radius 3 is 2.72 bits per heavy atom. The molecule has 1 saturated heterocycles. The quantitative estimate of drug-likeness (QED) is 0.242. The van der Waals surface area contributed by atoms with Crippen molar-refractivity contribution in [1.82, 2.24) is 30.0 Å². The molecule has 6 rings (SSSR count). The van der Waals surface area contributed by atoms with E-state index in [4.69, 9.17) is 9.72 Å². The van der Waals surface area contributed by atoms with Crippen molar-refractivity contribution in [1.29, 1.82) is 0 Å². The summed E-state index contributed by atoms with van der Waals surface area (Å²) in [4.78, 5) is 13.6. The molecule has 0 bridgehead atoms. The summed E-state index contributed by atoms with van der Waals surface area (Å²) in [7, 11) is -2.01. The second-order valence-electron chi connectivity index (χ2n) is 10.8. The van der Waals surface area contributed by atoms with E-state index in [0.717, 1.165) is 31.5 Å². The van der Waals surface area contributed by atoms with E-state index in [2.05, 4.69) is 25.7 Å². The van der Waals surface area contributed by atoms with Gasteiger partial charge in [-0.2, -0.15) is 5.10 Å². The average molecular weight is 602 g/mol. The fourth-order valence-corrected chi connectivity index (χ4v) is 6.78. The third-order valence-corrected chi connectivity index (χ3v) is 8.90. The summed E-state index contributed by atoms with van der Waals surface area (Å²) < 4.78 is 49.3. The van der Waals surface area contributed by atoms with E-state index < -0.39 is 21.4 Å². The van der Waals surface area contributed by atoms with Crippen LogP contribution in [0.25, 0.3) is 22.0 Å². The maximum Gasteiger partial charge on any atom is 0.228 e. The smallest absolute Gasteiger partial charge is 0.228 e. The predicted octanol–water partition coefficient (Wildman–Crippen LogP) is 4.94. The van der Waals surface area contributed by atoms with Gasteiger partial charge in [0.2, 0.25) is 11.8 Å². The van der Waals surface area contributed by atoms with Crippen molar-refractivity contribution >= 4 is 26.6 Å². The number of halogens is 1. The molecule has 43 heavy (non-hydrogen) atoms. The van der Waals surface area contributed by atoms with Crippen molar-refractivity contribution in [2.24, 2.45) is 7.05 Å². The lowest BCUT2D eigenvalue weighted by atomic mass is 10.0. The molecule has 0 spiro atoms. The van der Waals surface area contributed by atoms with Crippen LogP contribution in [0.2, 0.25) is 0 Å². The highest BCUT2D eigenvalue weighted by molar-refractivity contribution is 7.89. The van der Waals surface area contributed by atoms with Crippen molar-refractivity contribution in [3.05, 3.63) is 89.8 Å². The fourth-order valence-electron chi connectivity index (χ4n) is 5.34. The zero-order valence-electron chi connectivity index (χ0n) is 23.9. The lowest BCUT2D eigenvalue weighted by molar-refractivity contribution is 0.466. The number of hydrogen-bond donors (Lipinski definition) is 2. The molecule has 0 radical (unpaired) electrons. The highest BCUT2D eigenvalue weighted by atomic mass is 32.2. The van der Waals surface area contributed by atoms with E-state index in [0.29, 0.717) is 45.3 Å². The second kappa shape index (κ2) is 12.1. The minimum Gasteiger partial charge on any atom is -0.437 e. The maximum absolute atomic E-state index is 15.2. The first kappa shape index (κ1) is 28.7. The lowest BCUT2D eigenvalue weighted by Crippen LogP contribution is -2.38. The zero-order chi connectivity index (χ0) is 30.0. The Morgan fingerprint density at radius 2 is 1.93 bits per heavy atom. The van der Waals surface area contributed by atoms with Gasteiger partial charge < -0.3 is 15.4 Å². The number of anilines is 1. The number of rotatable bonds is 9. The Hall–Kier alpha value is -4.42. The number of ether oxygens (including phenoxy) is 1. The Kier molecular flexibility index (Phi) is 8.04. The number of fused-ring (bicyclic) bond motifs is 1. The van der Waals surface area contributed by atoms with Crippen molar-refractivity contribution in [3.63, 3.8) is 0 Å². The summed E-state index contributed by atoms with van der Waals surface area (Å²) in [5.41, 5.74) is 2.57. The molecular formula is C31H32FN7O3S. The molecule has 222 valence electrons. The lowest BCUT2D eigenvalue weighted by Gasteiger charge is -2.23. The molecular weight excluding hydrogens is 569 g/mol. The number of pyridine rings is 1. The minimum absolute atomic E-state index is 0.0863. The van der Waals surface area contributed by atoms with Crippen LogP contribution in [-0.4, -0.2) is 52.3 Å². The number of nitrogens with zero attached hydrogens (tertiary/aromatic N) is 5. The number of hydrogen-bond acceptors (Lipinski definition) is 9. The number of aryl methyl sites for hydroxylation is 2. The van der Waals surface area contributed by atoms with Crippen LogP contribution in [0.5, 0.6) is 11.6 Å². The van der Waals surface area contributed by atoms with E-state index in [1.54, 1.807) is 62.0 Å². The molecule has 1 fully saturated rings. The molecule has 0 saturated carbocycles. The van der Waals surface area contributed by atoms with Gasteiger partial charge in [-0.25, -0.2) is 27.8 Å². The number of aromatic nitrogens is 5. The van der Waals surface area contributed by atoms with Crippen LogP contribution in [-0.2, 0) is 28.4 Å². The van der Waals surface area contributed by atoms with Gasteiger partial charge >= 0.3 is 0 Å². The van der Waals surface area contributed by atoms with Crippen molar-refractivity contribution in [2.45, 2.75) is 37.3 Å². The van der Waals surface area contributed by atoms with E-state index in [9.17, 15) is 8.42 Å². The molecule has 3 aromatic heterocycles. The van der Waals surface area contributed by atoms with Crippen LogP contribution in [0.15, 0.2) is 67.1 Å². The first-order valence-corrected chi connectivity index (χ1v) is 15.9. The van der Waals surface area contributed by atoms with Gasteiger partial charge in [-0.3, -0.25) is 4.68 Å². The van der Waals surface area contributed by atoms with Gasteiger partial charge in [0.25, 0.3) is 0 Å². The fraction of sp³-hybridized carbons (Fsp3) is 0.290. The molecule has 1 aliphatic rings. The number of piperidine rings is 1. The number of benzene rings is 2. The summed E-state index contributed by atoms with van der Waals surface area (Å²) in [5.74, 6) is -0.0632. The number of nitrogens with one attached hydrogen (secondary N) is 2. The molecule has 0 aliphatic carbocycles. The number of sulfone groups is 1. The maximum atomic E-state index is 15.2. The summed E-state index contributed by atoms with van der Waals surface area (Å²) in [6.07, 6.45) is 7.12. The third kappa shape index (κ3) is 6.50. The molecule has 10 nitrogen and oxygen atoms in total. The van der Waals surface area contributed by atoms with Crippen LogP contribution >= 0.6 is 0 Å². The summed E-state index contributed by atoms with van der Waals surface area (Å²) in [5, 5.41) is 12.0. The monoisotopic (exact) mass is 601 g/mol. The van der Waals surface area contributed by atoms with Gasteiger partial charge in [0, 0.05) is 49.2 Å². The molecule has 5 aromatic rings. The highest BCUT2D eigenvalue weighted by Gasteiger charge is 2.22. The normalized spacial score (nSPS) is 15.5. The molecule has 4 heterocycles. The second-order valence-corrected chi connectivity index (χ2v) is 12.8. The predicted molar refractivity (Wildman–Crippen MR) is 163 cm³/mol. The van der Waals surface area contributed by atoms with Gasteiger partial charge in [0.1, 0.15) is 11.6 Å². The van der Waals surface area contributed by atoms with Gasteiger partial charge in [0.15, 0.2) is 9.84 Å². The Balaban J connectivity index is 1.33. The van der Waals surface area contributed by atoms with Crippen LogP contribution in [0.4, 0.5) is 10.3 Å². The third-order valence-electron chi connectivity index (χ3n) is 7.44. The van der Waals surface area contributed by atoms with Gasteiger partial charge in [-0.05, 0) is 73.7 Å². The zero-order valence-corrected chi connectivity index (χ0v) is 24.7. The van der Waals surface area contributed by atoms with E-state index in [1.807, 2.05) is 13.0 Å². The SMILES string of the molecule is Cc1ccc2c(CS(=O)(=O)Cc3ccn(C)n3)c(F)ccc2c1Oc1ncccc1-c1ccnc(N[C@H]2CCCNC2)n1. The Labute approximate surface area is 249 Å². The topological polar surface area (TPSA) is 124 Å². The van der Waals surface area contributed by atoms with Crippen molar-refractivity contribution < 1.29 is 17.5 Å². The molecule has 2 N–H and O–H groups in total. The first-order chi connectivity index (χ1) is 20.8. The van der Waals surface area contributed by atoms with Crippen LogP contribution < -0.4 is 15.4 Å². The van der Waals surface area contributed by atoms with Crippen molar-refractivity contribution in [3.8, 4) is 22.9 Å². The molecule has 1 aliphatic heterocycles. The van der Waals surface area contributed by atoms with Gasteiger partial charge in [0.05, 0.1) is 28.5 Å². The van der Waals surface area contributed by atoms with Gasteiger partial charge in [-0.15, -0.1) is 0 Å².